The normalized spacial score (nSPS) is 23.5. The van der Waals surface area contributed by atoms with Gasteiger partial charge in [-0.2, -0.15) is 0 Å². The molecule has 1 unspecified atom stereocenters. The summed E-state index contributed by atoms with van der Waals surface area (Å²) in [5.41, 5.74) is 4.31. The maximum absolute atomic E-state index is 10.8. The molecule has 1 aliphatic heterocycles. The number of nitrogens with zero attached hydrogens (tertiary/aromatic N) is 1. The number of benzene rings is 1. The molecule has 2 nitrogen and oxygen atoms in total. The average Bonchev–Trinajstić information content (AvgIpc) is 2.41. The Bertz CT molecular complexity index is 448. The fourth-order valence-corrected chi connectivity index (χ4v) is 2.36. The smallest absolute Gasteiger partial charge is 0.121 e. The molecule has 1 atom stereocenters. The van der Waals surface area contributed by atoms with E-state index < -0.39 is 0 Å². The first-order valence-electron chi connectivity index (χ1n) is 5.19. The maximum atomic E-state index is 10.8. The molecule has 0 amide bonds. The lowest BCUT2D eigenvalue weighted by Crippen LogP contribution is -2.28. The molecule has 1 aromatic carbocycles. The van der Waals surface area contributed by atoms with Gasteiger partial charge in [0.1, 0.15) is 6.29 Å². The number of aldehydes is 1. The molecule has 1 aliphatic rings. The summed E-state index contributed by atoms with van der Waals surface area (Å²) in [6.45, 7) is 6.18. The second-order valence-corrected chi connectivity index (χ2v) is 4.37. The predicted molar refractivity (Wildman–Crippen MR) is 62.0 cm³/mol. The number of hydrogen-bond acceptors (Lipinski definition) is 2. The highest BCUT2D eigenvalue weighted by molar-refractivity contribution is 6.01. The fourth-order valence-electron chi connectivity index (χ4n) is 2.36. The molecule has 0 spiro atoms. The Morgan fingerprint density at radius 2 is 2.13 bits per heavy atom. The third kappa shape index (κ3) is 1.32. The summed E-state index contributed by atoms with van der Waals surface area (Å²) in [4.78, 5) is 15.3. The summed E-state index contributed by atoms with van der Waals surface area (Å²) in [5, 5.41) is 0. The Morgan fingerprint density at radius 3 is 2.80 bits per heavy atom. The highest BCUT2D eigenvalue weighted by Gasteiger charge is 2.37. The number of fused-ring (bicyclic) bond motifs is 1. The Balaban J connectivity index is 2.64. The van der Waals surface area contributed by atoms with E-state index in [0.717, 1.165) is 17.7 Å². The van der Waals surface area contributed by atoms with Crippen LogP contribution in [-0.4, -0.2) is 12.0 Å². The molecular weight excluding hydrogens is 186 g/mol. The van der Waals surface area contributed by atoms with Gasteiger partial charge in [0.05, 0.1) is 5.69 Å². The van der Waals surface area contributed by atoms with Gasteiger partial charge in [-0.15, -0.1) is 0 Å². The van der Waals surface area contributed by atoms with Gasteiger partial charge in [0.15, 0.2) is 0 Å². The minimum atomic E-state index is -0.192. The third-order valence-corrected chi connectivity index (χ3v) is 3.38. The molecule has 0 bridgehead atoms. The second kappa shape index (κ2) is 3.30. The molecule has 78 valence electrons. The number of rotatable bonds is 2. The SMILES string of the molecule is CC1=Nc2cccc(C)c2C1(C)CC=O. The van der Waals surface area contributed by atoms with Gasteiger partial charge in [0, 0.05) is 17.5 Å². The molecule has 1 aromatic rings. The zero-order valence-electron chi connectivity index (χ0n) is 9.37. The van der Waals surface area contributed by atoms with Crippen molar-refractivity contribution >= 4 is 17.7 Å². The number of hydrogen-bond donors (Lipinski definition) is 0. The lowest BCUT2D eigenvalue weighted by Gasteiger charge is -2.25. The summed E-state index contributed by atoms with van der Waals surface area (Å²) in [7, 11) is 0. The van der Waals surface area contributed by atoms with E-state index in [2.05, 4.69) is 24.9 Å². The molecular formula is C13H15NO. The topological polar surface area (TPSA) is 29.4 Å². The second-order valence-electron chi connectivity index (χ2n) is 4.37. The largest absolute Gasteiger partial charge is 0.303 e. The van der Waals surface area contributed by atoms with E-state index in [-0.39, 0.29) is 5.41 Å². The van der Waals surface area contributed by atoms with Gasteiger partial charge in [-0.05, 0) is 38.0 Å². The van der Waals surface area contributed by atoms with Crippen molar-refractivity contribution in [3.05, 3.63) is 29.3 Å². The van der Waals surface area contributed by atoms with E-state index >= 15 is 0 Å². The van der Waals surface area contributed by atoms with Crippen molar-refractivity contribution in [1.29, 1.82) is 0 Å². The third-order valence-electron chi connectivity index (χ3n) is 3.38. The zero-order chi connectivity index (χ0) is 11.1. The molecule has 0 fully saturated rings. The van der Waals surface area contributed by atoms with Crippen LogP contribution in [-0.2, 0) is 10.2 Å². The van der Waals surface area contributed by atoms with Crippen LogP contribution >= 0.6 is 0 Å². The van der Waals surface area contributed by atoms with Crippen LogP contribution < -0.4 is 0 Å². The van der Waals surface area contributed by atoms with Gasteiger partial charge in [-0.1, -0.05) is 12.1 Å². The van der Waals surface area contributed by atoms with Gasteiger partial charge in [-0.3, -0.25) is 4.99 Å². The molecule has 0 radical (unpaired) electrons. The van der Waals surface area contributed by atoms with Crippen molar-refractivity contribution in [2.24, 2.45) is 4.99 Å². The maximum Gasteiger partial charge on any atom is 0.121 e. The van der Waals surface area contributed by atoms with Crippen molar-refractivity contribution < 1.29 is 4.79 Å². The molecule has 2 rings (SSSR count). The van der Waals surface area contributed by atoms with Gasteiger partial charge in [0.25, 0.3) is 0 Å². The van der Waals surface area contributed by atoms with Crippen molar-refractivity contribution in [3.8, 4) is 0 Å². The Hall–Kier alpha value is -1.44. The summed E-state index contributed by atoms with van der Waals surface area (Å²) in [5.74, 6) is 0. The Morgan fingerprint density at radius 1 is 1.40 bits per heavy atom. The van der Waals surface area contributed by atoms with E-state index in [1.807, 2.05) is 19.1 Å². The van der Waals surface area contributed by atoms with Crippen LogP contribution in [0.2, 0.25) is 0 Å². The van der Waals surface area contributed by atoms with Crippen molar-refractivity contribution in [2.45, 2.75) is 32.6 Å². The van der Waals surface area contributed by atoms with Crippen LogP contribution in [0.1, 0.15) is 31.4 Å². The predicted octanol–water partition coefficient (Wildman–Crippen LogP) is 2.95. The van der Waals surface area contributed by atoms with E-state index in [1.165, 1.54) is 11.1 Å². The molecule has 0 N–H and O–H groups in total. The van der Waals surface area contributed by atoms with E-state index in [1.54, 1.807) is 0 Å². The minimum Gasteiger partial charge on any atom is -0.303 e. The fraction of sp³-hybridized carbons (Fsp3) is 0.385. The molecule has 1 heterocycles. The summed E-state index contributed by atoms with van der Waals surface area (Å²) in [6, 6.07) is 6.11. The number of carbonyl (C=O) groups is 1. The van der Waals surface area contributed by atoms with Crippen molar-refractivity contribution in [3.63, 3.8) is 0 Å². The highest BCUT2D eigenvalue weighted by Crippen LogP contribution is 2.43. The van der Waals surface area contributed by atoms with Crippen LogP contribution in [0.3, 0.4) is 0 Å². The molecule has 0 saturated carbocycles. The molecule has 0 aromatic heterocycles. The first kappa shape index (κ1) is 10.1. The van der Waals surface area contributed by atoms with E-state index in [4.69, 9.17) is 0 Å². The van der Waals surface area contributed by atoms with Crippen molar-refractivity contribution in [1.82, 2.24) is 0 Å². The summed E-state index contributed by atoms with van der Waals surface area (Å²) >= 11 is 0. The first-order valence-corrected chi connectivity index (χ1v) is 5.19. The molecule has 0 saturated heterocycles. The van der Waals surface area contributed by atoms with E-state index in [0.29, 0.717) is 6.42 Å². The van der Waals surface area contributed by atoms with E-state index in [9.17, 15) is 4.79 Å². The van der Waals surface area contributed by atoms with Gasteiger partial charge < -0.3 is 4.79 Å². The Labute approximate surface area is 90.0 Å². The van der Waals surface area contributed by atoms with Gasteiger partial charge >= 0.3 is 0 Å². The van der Waals surface area contributed by atoms with Crippen LogP contribution in [0.5, 0.6) is 0 Å². The average molecular weight is 201 g/mol. The monoisotopic (exact) mass is 201 g/mol. The van der Waals surface area contributed by atoms with Gasteiger partial charge in [0.2, 0.25) is 0 Å². The number of aliphatic imine (C=N–C) groups is 1. The first-order chi connectivity index (χ1) is 7.09. The lowest BCUT2D eigenvalue weighted by atomic mass is 9.76. The van der Waals surface area contributed by atoms with Crippen LogP contribution in [0, 0.1) is 6.92 Å². The lowest BCUT2D eigenvalue weighted by molar-refractivity contribution is -0.108. The highest BCUT2D eigenvalue weighted by atomic mass is 16.1. The number of carbonyl (C=O) groups excluding carboxylic acids is 1. The minimum absolute atomic E-state index is 0.192. The molecule has 0 aliphatic carbocycles. The molecule has 15 heavy (non-hydrogen) atoms. The van der Waals surface area contributed by atoms with Crippen LogP contribution in [0.4, 0.5) is 5.69 Å². The van der Waals surface area contributed by atoms with Gasteiger partial charge in [-0.25, -0.2) is 0 Å². The standard InChI is InChI=1S/C13H15NO/c1-9-5-4-6-11-12(9)13(3,7-8-15)10(2)14-11/h4-6,8H,7H2,1-3H3. The van der Waals surface area contributed by atoms with Crippen LogP contribution in [0.25, 0.3) is 0 Å². The number of aryl methyl sites for hydroxylation is 1. The van der Waals surface area contributed by atoms with Crippen LogP contribution in [0.15, 0.2) is 23.2 Å². The van der Waals surface area contributed by atoms with Crippen molar-refractivity contribution in [2.75, 3.05) is 0 Å². The molecule has 2 heteroatoms. The summed E-state index contributed by atoms with van der Waals surface area (Å²) < 4.78 is 0. The quantitative estimate of drug-likeness (QED) is 0.676. The summed E-state index contributed by atoms with van der Waals surface area (Å²) in [6.07, 6.45) is 1.50. The Kier molecular flexibility index (Phi) is 2.22. The zero-order valence-corrected chi connectivity index (χ0v) is 9.37.